The van der Waals surface area contributed by atoms with Gasteiger partial charge in [0.1, 0.15) is 12.1 Å². The monoisotopic (exact) mass is 557 g/mol. The van der Waals surface area contributed by atoms with Crippen molar-refractivity contribution in [2.45, 2.75) is 58.5 Å². The predicted molar refractivity (Wildman–Crippen MR) is 140 cm³/mol. The average Bonchev–Trinajstić information content (AvgIpc) is 2.91. The molecule has 1 aromatic rings. The van der Waals surface area contributed by atoms with Crippen LogP contribution in [0.4, 0.5) is 4.79 Å². The number of nitrogens with one attached hydrogen (secondary N) is 1. The highest BCUT2D eigenvalue weighted by atomic mass is 16.6. The molecule has 1 amide bonds. The van der Waals surface area contributed by atoms with Crippen molar-refractivity contribution in [1.29, 1.82) is 0 Å². The predicted octanol–water partition coefficient (Wildman–Crippen LogP) is 2.35. The van der Waals surface area contributed by atoms with E-state index in [0.29, 0.717) is 6.61 Å². The largest absolute Gasteiger partial charge is 0.466 e. The first-order valence-electron chi connectivity index (χ1n) is 13.2. The van der Waals surface area contributed by atoms with Crippen molar-refractivity contribution in [1.82, 2.24) is 5.32 Å². The first kappa shape index (κ1) is 34.3. The molecule has 0 saturated carbocycles. The zero-order chi connectivity index (χ0) is 28.8. The van der Waals surface area contributed by atoms with Crippen LogP contribution in [0.25, 0.3) is 0 Å². The summed E-state index contributed by atoms with van der Waals surface area (Å²) in [4.78, 5) is 36.2. The smallest absolute Gasteiger partial charge is 0.408 e. The summed E-state index contributed by atoms with van der Waals surface area (Å²) in [5.74, 6) is -0.824. The van der Waals surface area contributed by atoms with Gasteiger partial charge in [0.25, 0.3) is 0 Å². The van der Waals surface area contributed by atoms with Crippen molar-refractivity contribution in [2.24, 2.45) is 0 Å². The van der Waals surface area contributed by atoms with E-state index in [-0.39, 0.29) is 78.7 Å². The molecule has 1 aromatic carbocycles. The van der Waals surface area contributed by atoms with Gasteiger partial charge < -0.3 is 43.6 Å². The lowest BCUT2D eigenvalue weighted by atomic mass is 10.0. The summed E-state index contributed by atoms with van der Waals surface area (Å²) in [7, 11) is 0. The Labute approximate surface area is 230 Å². The molecule has 0 spiro atoms. The Bertz CT molecular complexity index is 780. The van der Waals surface area contributed by atoms with Gasteiger partial charge in [-0.05, 0) is 26.3 Å². The summed E-state index contributed by atoms with van der Waals surface area (Å²) in [6.07, 6.45) is -1.48. The maximum Gasteiger partial charge on any atom is 0.408 e. The molecule has 1 rings (SSSR count). The third kappa shape index (κ3) is 16.7. The number of esters is 2. The van der Waals surface area contributed by atoms with Gasteiger partial charge >= 0.3 is 18.0 Å². The molecule has 12 heteroatoms. The zero-order valence-electron chi connectivity index (χ0n) is 23.2. The Morgan fingerprint density at radius 3 is 1.85 bits per heavy atom. The highest BCUT2D eigenvalue weighted by Crippen LogP contribution is 2.12. The van der Waals surface area contributed by atoms with Crippen LogP contribution in [-0.4, -0.2) is 94.4 Å². The van der Waals surface area contributed by atoms with E-state index in [2.05, 4.69) is 5.32 Å². The van der Waals surface area contributed by atoms with Gasteiger partial charge in [-0.2, -0.15) is 0 Å². The van der Waals surface area contributed by atoms with Gasteiger partial charge in [-0.1, -0.05) is 30.3 Å². The molecule has 2 N–H and O–H groups in total. The second kappa shape index (κ2) is 21.1. The van der Waals surface area contributed by atoms with Crippen molar-refractivity contribution in [3.63, 3.8) is 0 Å². The number of amides is 1. The van der Waals surface area contributed by atoms with Gasteiger partial charge in [-0.3, -0.25) is 9.59 Å². The highest BCUT2D eigenvalue weighted by molar-refractivity contribution is 5.70. The highest BCUT2D eigenvalue weighted by Gasteiger charge is 2.35. The summed E-state index contributed by atoms with van der Waals surface area (Å²) in [6, 6.07) is 9.17. The van der Waals surface area contributed by atoms with E-state index >= 15 is 0 Å². The summed E-state index contributed by atoms with van der Waals surface area (Å²) < 4.78 is 37.5. The summed E-state index contributed by atoms with van der Waals surface area (Å²) >= 11 is 0. The molecule has 0 radical (unpaired) electrons. The second-order valence-electron chi connectivity index (χ2n) is 8.43. The minimum Gasteiger partial charge on any atom is -0.466 e. The number of carbonyl (C=O) groups is 3. The topological polar surface area (TPSA) is 148 Å². The van der Waals surface area contributed by atoms with E-state index in [0.717, 1.165) is 5.56 Å². The summed E-state index contributed by atoms with van der Waals surface area (Å²) in [6.45, 7) is 6.01. The fraction of sp³-hybridized carbons (Fsp3) is 0.667. The fourth-order valence-electron chi connectivity index (χ4n) is 3.25. The van der Waals surface area contributed by atoms with E-state index in [1.165, 1.54) is 0 Å². The third-order valence-electron chi connectivity index (χ3n) is 5.09. The van der Waals surface area contributed by atoms with E-state index in [9.17, 15) is 19.5 Å². The van der Waals surface area contributed by atoms with Crippen LogP contribution >= 0.6 is 0 Å². The SMILES string of the molecule is CCOC(=O)CCOCC(COCCC(=O)OCC)(COCCC(O)OCC)NC(=O)OCc1ccccc1. The van der Waals surface area contributed by atoms with Crippen molar-refractivity contribution in [3.8, 4) is 0 Å². The molecule has 222 valence electrons. The molecule has 0 aliphatic heterocycles. The normalized spacial score (nSPS) is 12.0. The Morgan fingerprint density at radius 1 is 0.795 bits per heavy atom. The quantitative estimate of drug-likeness (QED) is 0.0937. The molecule has 0 aliphatic rings. The Morgan fingerprint density at radius 2 is 1.33 bits per heavy atom. The molecular weight excluding hydrogens is 514 g/mol. The van der Waals surface area contributed by atoms with Gasteiger partial charge in [0.2, 0.25) is 0 Å². The molecular formula is C27H43NO11. The Balaban J connectivity index is 2.89. The van der Waals surface area contributed by atoms with E-state index in [4.69, 9.17) is 33.2 Å². The van der Waals surface area contributed by atoms with Crippen molar-refractivity contribution in [3.05, 3.63) is 35.9 Å². The standard InChI is InChI=1S/C27H43NO11/c1-4-36-23(29)12-15-33-19-27(20-34-16-13-24(30)37-5-2,21-35-17-14-25(31)38-6-3)28-26(32)39-18-22-10-8-7-9-11-22/h7-11,23,29H,4-6,12-21H2,1-3H3,(H,28,32). The van der Waals surface area contributed by atoms with E-state index < -0.39 is 29.9 Å². The molecule has 0 bridgehead atoms. The number of ether oxygens (including phenoxy) is 7. The third-order valence-corrected chi connectivity index (χ3v) is 5.09. The number of benzene rings is 1. The molecule has 0 aliphatic carbocycles. The number of rotatable bonds is 22. The van der Waals surface area contributed by atoms with Crippen LogP contribution in [-0.2, 0) is 49.4 Å². The van der Waals surface area contributed by atoms with Gasteiger partial charge in [-0.15, -0.1) is 0 Å². The van der Waals surface area contributed by atoms with Gasteiger partial charge in [0.15, 0.2) is 6.29 Å². The first-order valence-corrected chi connectivity index (χ1v) is 13.2. The van der Waals surface area contributed by atoms with Gasteiger partial charge in [-0.25, -0.2) is 4.79 Å². The summed E-state index contributed by atoms with van der Waals surface area (Å²) in [5.41, 5.74) is -0.441. The minimum atomic E-state index is -1.24. The van der Waals surface area contributed by atoms with Crippen molar-refractivity contribution >= 4 is 18.0 Å². The number of aliphatic hydroxyl groups is 1. The van der Waals surface area contributed by atoms with Crippen LogP contribution in [0.1, 0.15) is 45.6 Å². The molecule has 1 atom stereocenters. The number of carbonyl (C=O) groups excluding carboxylic acids is 3. The van der Waals surface area contributed by atoms with Crippen LogP contribution < -0.4 is 5.32 Å². The maximum atomic E-state index is 12.8. The Kier molecular flexibility index (Phi) is 18.5. The average molecular weight is 558 g/mol. The van der Waals surface area contributed by atoms with Crippen LogP contribution in [0, 0.1) is 0 Å². The molecule has 1 unspecified atom stereocenters. The van der Waals surface area contributed by atoms with Gasteiger partial charge in [0, 0.05) is 13.0 Å². The summed E-state index contributed by atoms with van der Waals surface area (Å²) in [5, 5.41) is 12.6. The minimum absolute atomic E-state index is 0.0213. The zero-order valence-corrected chi connectivity index (χ0v) is 23.2. The van der Waals surface area contributed by atoms with Crippen LogP contribution in [0.3, 0.4) is 0 Å². The first-order chi connectivity index (χ1) is 18.8. The molecule has 0 heterocycles. The van der Waals surface area contributed by atoms with E-state index in [1.807, 2.05) is 30.3 Å². The molecule has 12 nitrogen and oxygen atoms in total. The molecule has 0 saturated heterocycles. The lowest BCUT2D eigenvalue weighted by Gasteiger charge is -2.34. The molecule has 0 aromatic heterocycles. The van der Waals surface area contributed by atoms with Crippen LogP contribution in [0.15, 0.2) is 30.3 Å². The van der Waals surface area contributed by atoms with Crippen molar-refractivity contribution < 1.29 is 52.6 Å². The lowest BCUT2D eigenvalue weighted by molar-refractivity contribution is -0.145. The number of hydrogen-bond donors (Lipinski definition) is 2. The van der Waals surface area contributed by atoms with E-state index in [1.54, 1.807) is 20.8 Å². The van der Waals surface area contributed by atoms with Crippen LogP contribution in [0.2, 0.25) is 0 Å². The molecule has 0 fully saturated rings. The van der Waals surface area contributed by atoms with Gasteiger partial charge in [0.05, 0.1) is 65.7 Å². The van der Waals surface area contributed by atoms with Crippen LogP contribution in [0.5, 0.6) is 0 Å². The number of alkyl carbamates (subject to hydrolysis) is 1. The Hall–Kier alpha value is -2.77. The maximum absolute atomic E-state index is 12.8. The number of aliphatic hydroxyl groups excluding tert-OH is 1. The number of hydrogen-bond acceptors (Lipinski definition) is 11. The molecule has 39 heavy (non-hydrogen) atoms. The fourth-order valence-corrected chi connectivity index (χ4v) is 3.25. The van der Waals surface area contributed by atoms with Crippen molar-refractivity contribution in [2.75, 3.05) is 59.5 Å². The lowest BCUT2D eigenvalue weighted by Crippen LogP contribution is -2.58. The second-order valence-corrected chi connectivity index (χ2v) is 8.43.